The zero-order valence-corrected chi connectivity index (χ0v) is 22.3. The number of guanidine groups is 1. The molecule has 2 heterocycles. The van der Waals surface area contributed by atoms with E-state index in [0.29, 0.717) is 56.1 Å². The summed E-state index contributed by atoms with van der Waals surface area (Å²) in [7, 11) is 0. The number of rotatable bonds is 9. The number of nitrogens with two attached hydrogens (primary N) is 1. The number of likely N-dealkylation sites (tertiary alicyclic amines) is 1. The van der Waals surface area contributed by atoms with Crippen LogP contribution in [0.5, 0.6) is 11.5 Å². The maximum atomic E-state index is 12.9. The molecule has 1 fully saturated rings. The van der Waals surface area contributed by atoms with E-state index < -0.39 is 12.1 Å². The van der Waals surface area contributed by atoms with Gasteiger partial charge >= 0.3 is 12.1 Å². The second-order valence-electron chi connectivity index (χ2n) is 9.48. The zero-order chi connectivity index (χ0) is 27.8. The van der Waals surface area contributed by atoms with Crippen LogP contribution in [0, 0.1) is 5.41 Å². The van der Waals surface area contributed by atoms with E-state index in [1.165, 1.54) is 5.56 Å². The summed E-state index contributed by atoms with van der Waals surface area (Å²) in [6, 6.07) is 13.0. The number of benzene rings is 2. The third kappa shape index (κ3) is 7.22. The van der Waals surface area contributed by atoms with Crippen molar-refractivity contribution in [3.05, 3.63) is 71.8 Å². The molecule has 2 aromatic carbocycles. The second kappa shape index (κ2) is 13.0. The van der Waals surface area contributed by atoms with Gasteiger partial charge in [-0.3, -0.25) is 5.41 Å². The standard InChI is InChI=1S/C29H36N4O6/c1-3-17-37-29(35)32-15-12-24(13-16-32)38-23-8-6-21(7-9-23)26(27(34)36-4-2)39-25-10-5-20-11-14-33(28(30)31)19-22(20)18-25/h3,5-10,18,24,26H,1,4,11-17,19H2,2H3,(H3,30,31). The lowest BCUT2D eigenvalue weighted by molar-refractivity contribution is -0.151. The van der Waals surface area contributed by atoms with Gasteiger partial charge < -0.3 is 34.5 Å². The van der Waals surface area contributed by atoms with Crippen molar-refractivity contribution < 1.29 is 28.5 Å². The van der Waals surface area contributed by atoms with Gasteiger partial charge in [-0.2, -0.15) is 0 Å². The molecule has 1 atom stereocenters. The highest BCUT2D eigenvalue weighted by molar-refractivity contribution is 5.77. The number of hydrogen-bond acceptors (Lipinski definition) is 7. The summed E-state index contributed by atoms with van der Waals surface area (Å²) >= 11 is 0. The molecule has 2 aliphatic heterocycles. The van der Waals surface area contributed by atoms with Crippen molar-refractivity contribution in [2.45, 2.75) is 44.9 Å². The number of nitrogens with one attached hydrogen (secondary N) is 1. The first-order valence-corrected chi connectivity index (χ1v) is 13.2. The molecule has 0 saturated carbocycles. The van der Waals surface area contributed by atoms with Crippen LogP contribution in [-0.4, -0.2) is 66.8 Å². The number of fused-ring (bicyclic) bond motifs is 1. The van der Waals surface area contributed by atoms with Crippen LogP contribution in [0.25, 0.3) is 0 Å². The number of carbonyl (C=O) groups is 2. The van der Waals surface area contributed by atoms with Gasteiger partial charge in [0, 0.05) is 44.6 Å². The average molecular weight is 537 g/mol. The number of nitrogens with zero attached hydrogens (tertiary/aromatic N) is 2. The molecule has 1 saturated heterocycles. The molecule has 0 aromatic heterocycles. The normalized spacial score (nSPS) is 16.0. The largest absolute Gasteiger partial charge is 0.490 e. The van der Waals surface area contributed by atoms with Crippen molar-refractivity contribution in [2.24, 2.45) is 5.73 Å². The molecule has 10 nitrogen and oxygen atoms in total. The first kappa shape index (κ1) is 27.8. The molecule has 1 amide bonds. The Bertz CT molecular complexity index is 1180. The first-order valence-electron chi connectivity index (χ1n) is 13.2. The van der Waals surface area contributed by atoms with E-state index in [-0.39, 0.29) is 31.4 Å². The van der Waals surface area contributed by atoms with Gasteiger partial charge in [0.1, 0.15) is 24.2 Å². The van der Waals surface area contributed by atoms with E-state index in [0.717, 1.165) is 12.0 Å². The summed E-state index contributed by atoms with van der Waals surface area (Å²) in [6.45, 7) is 8.08. The molecule has 4 rings (SSSR count). The molecule has 2 aliphatic rings. The van der Waals surface area contributed by atoms with Gasteiger partial charge in [0.05, 0.1) is 6.61 Å². The molecule has 0 spiro atoms. The quantitative estimate of drug-likeness (QED) is 0.215. The highest BCUT2D eigenvalue weighted by Gasteiger charge is 2.27. The van der Waals surface area contributed by atoms with Crippen LogP contribution in [0.3, 0.4) is 0 Å². The summed E-state index contributed by atoms with van der Waals surface area (Å²) in [4.78, 5) is 28.3. The van der Waals surface area contributed by atoms with Gasteiger partial charge in [0.2, 0.25) is 6.10 Å². The maximum Gasteiger partial charge on any atom is 0.410 e. The van der Waals surface area contributed by atoms with Crippen molar-refractivity contribution in [2.75, 3.05) is 32.8 Å². The first-order chi connectivity index (χ1) is 18.9. The SMILES string of the molecule is C=CCOC(=O)N1CCC(Oc2ccc(C(Oc3ccc4c(c3)CN(C(=N)N)CC4)C(=O)OCC)cc2)CC1. The number of hydrogen-bond donors (Lipinski definition) is 2. The molecule has 2 aromatic rings. The monoisotopic (exact) mass is 536 g/mol. The number of piperidine rings is 1. The summed E-state index contributed by atoms with van der Waals surface area (Å²) in [5, 5.41) is 7.74. The summed E-state index contributed by atoms with van der Waals surface area (Å²) in [5.41, 5.74) is 8.51. The molecule has 0 bridgehead atoms. The van der Waals surface area contributed by atoms with E-state index in [9.17, 15) is 9.59 Å². The maximum absolute atomic E-state index is 12.9. The van der Waals surface area contributed by atoms with Crippen LogP contribution in [0.1, 0.15) is 42.6 Å². The van der Waals surface area contributed by atoms with Crippen LogP contribution in [0.15, 0.2) is 55.1 Å². The fourth-order valence-corrected chi connectivity index (χ4v) is 4.71. The lowest BCUT2D eigenvalue weighted by Crippen LogP contribution is -2.42. The Kier molecular flexibility index (Phi) is 9.30. The predicted octanol–water partition coefficient (Wildman–Crippen LogP) is 3.79. The minimum absolute atomic E-state index is 0.0264. The predicted molar refractivity (Wildman–Crippen MR) is 146 cm³/mol. The Balaban J connectivity index is 1.40. The Morgan fingerprint density at radius 1 is 1.05 bits per heavy atom. The van der Waals surface area contributed by atoms with Crippen molar-refractivity contribution in [3.8, 4) is 11.5 Å². The lowest BCUT2D eigenvalue weighted by Gasteiger charge is -2.31. The van der Waals surface area contributed by atoms with Crippen molar-refractivity contribution in [1.29, 1.82) is 5.41 Å². The van der Waals surface area contributed by atoms with Crippen LogP contribution in [0.2, 0.25) is 0 Å². The van der Waals surface area contributed by atoms with Crippen molar-refractivity contribution in [3.63, 3.8) is 0 Å². The number of amides is 1. The van der Waals surface area contributed by atoms with Crippen LogP contribution >= 0.6 is 0 Å². The van der Waals surface area contributed by atoms with Crippen LogP contribution in [-0.2, 0) is 27.2 Å². The topological polar surface area (TPSA) is 127 Å². The van der Waals surface area contributed by atoms with Gasteiger partial charge in [0.15, 0.2) is 5.96 Å². The van der Waals surface area contributed by atoms with E-state index in [2.05, 4.69) is 6.58 Å². The van der Waals surface area contributed by atoms with Gasteiger partial charge in [0.25, 0.3) is 0 Å². The van der Waals surface area contributed by atoms with Crippen molar-refractivity contribution in [1.82, 2.24) is 9.80 Å². The molecular weight excluding hydrogens is 500 g/mol. The third-order valence-corrected chi connectivity index (χ3v) is 6.80. The Morgan fingerprint density at radius 2 is 1.77 bits per heavy atom. The Hall–Kier alpha value is -4.21. The minimum atomic E-state index is -0.950. The highest BCUT2D eigenvalue weighted by atomic mass is 16.6. The van der Waals surface area contributed by atoms with Gasteiger partial charge in [-0.25, -0.2) is 9.59 Å². The van der Waals surface area contributed by atoms with E-state index in [1.54, 1.807) is 34.9 Å². The molecule has 3 N–H and O–H groups in total. The highest BCUT2D eigenvalue weighted by Crippen LogP contribution is 2.29. The van der Waals surface area contributed by atoms with Gasteiger partial charge in [-0.15, -0.1) is 0 Å². The molecule has 1 unspecified atom stereocenters. The number of ether oxygens (including phenoxy) is 4. The van der Waals surface area contributed by atoms with Crippen molar-refractivity contribution >= 4 is 18.0 Å². The number of esters is 1. The van der Waals surface area contributed by atoms with Crippen LogP contribution < -0.4 is 15.2 Å². The average Bonchev–Trinajstić information content (AvgIpc) is 2.95. The second-order valence-corrected chi connectivity index (χ2v) is 9.48. The third-order valence-electron chi connectivity index (χ3n) is 6.80. The van der Waals surface area contributed by atoms with Gasteiger partial charge in [-0.1, -0.05) is 30.9 Å². The smallest absolute Gasteiger partial charge is 0.410 e. The summed E-state index contributed by atoms with van der Waals surface area (Å²) in [5.74, 6) is 0.767. The molecular formula is C29H36N4O6. The van der Waals surface area contributed by atoms with E-state index in [4.69, 9.17) is 30.1 Å². The number of carbonyl (C=O) groups excluding carboxylic acids is 2. The molecule has 10 heteroatoms. The van der Waals surface area contributed by atoms with E-state index in [1.807, 2.05) is 30.3 Å². The fourth-order valence-electron chi connectivity index (χ4n) is 4.71. The van der Waals surface area contributed by atoms with Gasteiger partial charge in [-0.05, 0) is 48.7 Å². The van der Waals surface area contributed by atoms with Crippen LogP contribution in [0.4, 0.5) is 4.79 Å². The Labute approximate surface area is 228 Å². The fraction of sp³-hybridized carbons (Fsp3) is 0.414. The zero-order valence-electron chi connectivity index (χ0n) is 22.3. The summed E-state index contributed by atoms with van der Waals surface area (Å²) in [6.07, 6.45) is 2.41. The molecule has 0 radical (unpaired) electrons. The summed E-state index contributed by atoms with van der Waals surface area (Å²) < 4.78 is 22.7. The minimum Gasteiger partial charge on any atom is -0.490 e. The van der Waals surface area contributed by atoms with E-state index >= 15 is 0 Å². The lowest BCUT2D eigenvalue weighted by atomic mass is 9.99. The molecule has 39 heavy (non-hydrogen) atoms. The molecule has 208 valence electrons. The molecule has 0 aliphatic carbocycles. The Morgan fingerprint density at radius 3 is 2.44 bits per heavy atom.